The maximum absolute atomic E-state index is 12.6. The van der Waals surface area contributed by atoms with Gasteiger partial charge in [0.1, 0.15) is 0 Å². The highest BCUT2D eigenvalue weighted by Gasteiger charge is 2.15. The summed E-state index contributed by atoms with van der Waals surface area (Å²) in [5.74, 6) is -0.579. The van der Waals surface area contributed by atoms with E-state index >= 15 is 0 Å². The van der Waals surface area contributed by atoms with Gasteiger partial charge in [-0.25, -0.2) is 4.79 Å². The number of hydrogen-bond acceptors (Lipinski definition) is 3. The Morgan fingerprint density at radius 1 is 0.926 bits per heavy atom. The van der Waals surface area contributed by atoms with Crippen molar-refractivity contribution in [1.82, 2.24) is 0 Å². The van der Waals surface area contributed by atoms with Crippen LogP contribution in [-0.4, -0.2) is 18.5 Å². The highest BCUT2D eigenvalue weighted by atomic mass is 16.5. The average molecular weight is 361 g/mol. The number of rotatable bonds is 7. The molecule has 0 aliphatic carbocycles. The Labute approximate surface area is 159 Å². The Hall–Kier alpha value is -3.14. The number of carbonyl (C=O) groups is 2. The van der Waals surface area contributed by atoms with Crippen LogP contribution in [0.5, 0.6) is 0 Å². The summed E-state index contributed by atoms with van der Waals surface area (Å²) in [6.07, 6.45) is 2.01. The van der Waals surface area contributed by atoms with E-state index in [1.807, 2.05) is 49.4 Å². The topological polar surface area (TPSA) is 55.4 Å². The minimum absolute atomic E-state index is 0.167. The van der Waals surface area contributed by atoms with Crippen LogP contribution in [0, 0.1) is 0 Å². The van der Waals surface area contributed by atoms with Gasteiger partial charge in [0.05, 0.1) is 24.3 Å². The first-order chi connectivity index (χ1) is 13.2. The second-order valence-corrected chi connectivity index (χ2v) is 6.40. The molecule has 0 heterocycles. The molecule has 3 rings (SSSR count). The van der Waals surface area contributed by atoms with E-state index < -0.39 is 5.97 Å². The molecule has 4 heteroatoms. The first-order valence-corrected chi connectivity index (χ1v) is 9.21. The molecule has 0 aliphatic heterocycles. The van der Waals surface area contributed by atoms with Gasteiger partial charge in [-0.3, -0.25) is 4.79 Å². The fourth-order valence-corrected chi connectivity index (χ4v) is 2.97. The molecule has 3 aromatic carbocycles. The molecule has 27 heavy (non-hydrogen) atoms. The standard InChI is InChI=1S/C23H23NO3/c1-2-3-15-27-23(26)20-13-6-7-14-21(20)24-22(25)16-18-11-8-10-17-9-4-5-12-19(17)18/h4-14H,2-3,15-16H2,1H3,(H,24,25). The lowest BCUT2D eigenvalue weighted by molar-refractivity contribution is -0.115. The predicted molar refractivity (Wildman–Crippen MR) is 108 cm³/mol. The molecule has 0 atom stereocenters. The molecule has 0 unspecified atom stereocenters. The minimum atomic E-state index is -0.412. The van der Waals surface area contributed by atoms with Gasteiger partial charge in [-0.2, -0.15) is 0 Å². The van der Waals surface area contributed by atoms with Crippen molar-refractivity contribution in [2.24, 2.45) is 0 Å². The van der Waals surface area contributed by atoms with Crippen LogP contribution >= 0.6 is 0 Å². The Balaban J connectivity index is 1.73. The van der Waals surface area contributed by atoms with Crippen molar-refractivity contribution in [3.8, 4) is 0 Å². The smallest absolute Gasteiger partial charge is 0.340 e. The first kappa shape index (κ1) is 18.6. The van der Waals surface area contributed by atoms with E-state index in [9.17, 15) is 9.59 Å². The van der Waals surface area contributed by atoms with Gasteiger partial charge >= 0.3 is 5.97 Å². The second-order valence-electron chi connectivity index (χ2n) is 6.40. The first-order valence-electron chi connectivity index (χ1n) is 9.21. The Bertz CT molecular complexity index is 944. The molecule has 0 fully saturated rings. The number of anilines is 1. The van der Waals surface area contributed by atoms with E-state index in [1.54, 1.807) is 24.3 Å². The fraction of sp³-hybridized carbons (Fsp3) is 0.217. The molecule has 0 saturated heterocycles. The van der Waals surface area contributed by atoms with Crippen LogP contribution < -0.4 is 5.32 Å². The van der Waals surface area contributed by atoms with Gasteiger partial charge in [0.25, 0.3) is 0 Å². The third-order valence-corrected chi connectivity index (χ3v) is 4.38. The van der Waals surface area contributed by atoms with Crippen LogP contribution in [0.25, 0.3) is 10.8 Å². The lowest BCUT2D eigenvalue weighted by Gasteiger charge is -2.12. The highest BCUT2D eigenvalue weighted by molar-refractivity contribution is 6.02. The molecular weight excluding hydrogens is 338 g/mol. The van der Waals surface area contributed by atoms with Crippen molar-refractivity contribution in [1.29, 1.82) is 0 Å². The number of hydrogen-bond donors (Lipinski definition) is 1. The van der Waals surface area contributed by atoms with Crippen molar-refractivity contribution >= 4 is 28.3 Å². The molecule has 1 amide bonds. The van der Waals surface area contributed by atoms with E-state index in [-0.39, 0.29) is 12.3 Å². The summed E-state index contributed by atoms with van der Waals surface area (Å²) in [7, 11) is 0. The highest BCUT2D eigenvalue weighted by Crippen LogP contribution is 2.21. The Morgan fingerprint density at radius 2 is 1.67 bits per heavy atom. The third kappa shape index (κ3) is 4.73. The van der Waals surface area contributed by atoms with Gasteiger partial charge in [0.15, 0.2) is 0 Å². The summed E-state index contributed by atoms with van der Waals surface area (Å²) in [6, 6.07) is 20.8. The predicted octanol–water partition coefficient (Wildman–Crippen LogP) is 4.98. The summed E-state index contributed by atoms with van der Waals surface area (Å²) in [5, 5.41) is 5.01. The van der Waals surface area contributed by atoms with E-state index in [0.717, 1.165) is 29.2 Å². The number of unbranched alkanes of at least 4 members (excludes halogenated alkanes) is 1. The summed E-state index contributed by atoms with van der Waals surface area (Å²) in [4.78, 5) is 24.9. The monoisotopic (exact) mass is 361 g/mol. The van der Waals surface area contributed by atoms with Crippen LogP contribution in [0.3, 0.4) is 0 Å². The fourth-order valence-electron chi connectivity index (χ4n) is 2.97. The van der Waals surface area contributed by atoms with E-state index in [1.165, 1.54) is 0 Å². The van der Waals surface area contributed by atoms with Crippen LogP contribution in [0.15, 0.2) is 66.7 Å². The van der Waals surface area contributed by atoms with Gasteiger partial charge in [-0.1, -0.05) is 67.9 Å². The minimum Gasteiger partial charge on any atom is -0.462 e. The van der Waals surface area contributed by atoms with E-state index in [2.05, 4.69) is 5.32 Å². The van der Waals surface area contributed by atoms with Gasteiger partial charge in [-0.15, -0.1) is 0 Å². The van der Waals surface area contributed by atoms with Crippen molar-refractivity contribution in [3.63, 3.8) is 0 Å². The quantitative estimate of drug-likeness (QED) is 0.477. The zero-order chi connectivity index (χ0) is 19.1. The number of esters is 1. The molecular formula is C23H23NO3. The van der Waals surface area contributed by atoms with Crippen LogP contribution in [0.2, 0.25) is 0 Å². The van der Waals surface area contributed by atoms with E-state index in [0.29, 0.717) is 17.9 Å². The molecule has 0 aliphatic rings. The molecule has 0 radical (unpaired) electrons. The van der Waals surface area contributed by atoms with Gasteiger partial charge in [-0.05, 0) is 34.9 Å². The molecule has 3 aromatic rings. The number of nitrogens with one attached hydrogen (secondary N) is 1. The maximum atomic E-state index is 12.6. The normalized spacial score (nSPS) is 10.6. The Kier molecular flexibility index (Phi) is 6.21. The number of carbonyl (C=O) groups excluding carboxylic acids is 2. The van der Waals surface area contributed by atoms with Crippen LogP contribution in [0.4, 0.5) is 5.69 Å². The number of fused-ring (bicyclic) bond motifs is 1. The molecule has 0 saturated carbocycles. The molecule has 0 bridgehead atoms. The van der Waals surface area contributed by atoms with Crippen molar-refractivity contribution in [2.45, 2.75) is 26.2 Å². The molecule has 0 aromatic heterocycles. The lowest BCUT2D eigenvalue weighted by Crippen LogP contribution is -2.18. The number of benzene rings is 3. The van der Waals surface area contributed by atoms with Crippen LogP contribution in [0.1, 0.15) is 35.7 Å². The second kappa shape index (κ2) is 8.99. The number of amides is 1. The maximum Gasteiger partial charge on any atom is 0.340 e. The van der Waals surface area contributed by atoms with Crippen molar-refractivity contribution < 1.29 is 14.3 Å². The van der Waals surface area contributed by atoms with Gasteiger partial charge < -0.3 is 10.1 Å². The zero-order valence-electron chi connectivity index (χ0n) is 15.4. The Morgan fingerprint density at radius 3 is 2.52 bits per heavy atom. The lowest BCUT2D eigenvalue weighted by atomic mass is 10.0. The van der Waals surface area contributed by atoms with Gasteiger partial charge in [0, 0.05) is 0 Å². The average Bonchev–Trinajstić information content (AvgIpc) is 2.69. The van der Waals surface area contributed by atoms with Crippen molar-refractivity contribution in [2.75, 3.05) is 11.9 Å². The number of ether oxygens (including phenoxy) is 1. The summed E-state index contributed by atoms with van der Waals surface area (Å²) < 4.78 is 5.28. The van der Waals surface area contributed by atoms with Crippen LogP contribution in [-0.2, 0) is 16.0 Å². The molecule has 0 spiro atoms. The zero-order valence-corrected chi connectivity index (χ0v) is 15.4. The summed E-state index contributed by atoms with van der Waals surface area (Å²) >= 11 is 0. The van der Waals surface area contributed by atoms with Crippen molar-refractivity contribution in [3.05, 3.63) is 77.9 Å². The molecule has 4 nitrogen and oxygen atoms in total. The summed E-state index contributed by atoms with van der Waals surface area (Å²) in [6.45, 7) is 2.42. The molecule has 138 valence electrons. The SMILES string of the molecule is CCCCOC(=O)c1ccccc1NC(=O)Cc1cccc2ccccc12. The van der Waals surface area contributed by atoms with Gasteiger partial charge in [0.2, 0.25) is 5.91 Å². The largest absolute Gasteiger partial charge is 0.462 e. The van der Waals surface area contributed by atoms with E-state index in [4.69, 9.17) is 4.74 Å². The third-order valence-electron chi connectivity index (χ3n) is 4.38. The number of para-hydroxylation sites is 1. The molecule has 1 N–H and O–H groups in total. The summed E-state index contributed by atoms with van der Waals surface area (Å²) in [5.41, 5.74) is 1.80.